The highest BCUT2D eigenvalue weighted by Gasteiger charge is 2.33. The molecule has 2 aromatic rings. The van der Waals surface area contributed by atoms with E-state index >= 15 is 0 Å². The summed E-state index contributed by atoms with van der Waals surface area (Å²) in [6.45, 7) is 5.24. The van der Waals surface area contributed by atoms with Crippen molar-refractivity contribution < 1.29 is 22.8 Å². The molecule has 0 aliphatic carbocycles. The zero-order valence-corrected chi connectivity index (χ0v) is 15.4. The lowest BCUT2D eigenvalue weighted by molar-refractivity contribution is -0.137. The largest absolute Gasteiger partial charge is 0.418 e. The second kappa shape index (κ2) is 8.24. The lowest BCUT2D eigenvalue weighted by Gasteiger charge is -2.23. The maximum Gasteiger partial charge on any atom is 0.418 e. The summed E-state index contributed by atoms with van der Waals surface area (Å²) in [6.07, 6.45) is -4.69. The Morgan fingerprint density at radius 1 is 1.07 bits per heavy atom. The summed E-state index contributed by atoms with van der Waals surface area (Å²) in [6, 6.07) is 10.4. The number of hydrogen-bond donors (Lipinski definition) is 1. The molecule has 0 heterocycles. The van der Waals surface area contributed by atoms with Crippen molar-refractivity contribution in [1.29, 1.82) is 0 Å². The Bertz CT molecular complexity index is 847. The molecule has 2 rings (SSSR count). The van der Waals surface area contributed by atoms with Crippen molar-refractivity contribution in [3.8, 4) is 0 Å². The summed E-state index contributed by atoms with van der Waals surface area (Å²) in [7, 11) is 0. The van der Waals surface area contributed by atoms with Gasteiger partial charge in [0.2, 0.25) is 11.8 Å². The molecule has 7 heteroatoms. The number of nitrogens with one attached hydrogen (secondary N) is 1. The number of amides is 2. The van der Waals surface area contributed by atoms with E-state index in [1.165, 1.54) is 30.0 Å². The number of anilines is 2. The van der Waals surface area contributed by atoms with Gasteiger partial charge < -0.3 is 10.2 Å². The van der Waals surface area contributed by atoms with E-state index in [0.29, 0.717) is 5.69 Å². The van der Waals surface area contributed by atoms with E-state index in [9.17, 15) is 22.8 Å². The molecule has 0 bridgehead atoms. The smallest absolute Gasteiger partial charge is 0.325 e. The van der Waals surface area contributed by atoms with E-state index in [-0.39, 0.29) is 24.6 Å². The van der Waals surface area contributed by atoms with Gasteiger partial charge in [-0.05, 0) is 37.6 Å². The highest BCUT2D eigenvalue weighted by atomic mass is 19.4. The zero-order chi connectivity index (χ0) is 20.2. The van der Waals surface area contributed by atoms with Crippen molar-refractivity contribution in [2.75, 3.05) is 16.8 Å². The fraction of sp³-hybridized carbons (Fsp3) is 0.300. The third-order valence-electron chi connectivity index (χ3n) is 4.09. The zero-order valence-electron chi connectivity index (χ0n) is 15.4. The molecule has 2 aromatic carbocycles. The third kappa shape index (κ3) is 5.32. The Balaban J connectivity index is 2.11. The number of para-hydroxylation sites is 1. The number of carbonyl (C=O) groups is 2. The number of nitrogens with zero attached hydrogens (tertiary/aromatic N) is 1. The maximum atomic E-state index is 13.0. The normalized spacial score (nSPS) is 11.2. The summed E-state index contributed by atoms with van der Waals surface area (Å²) in [5, 5.41) is 2.29. The fourth-order valence-corrected chi connectivity index (χ4v) is 2.82. The summed E-state index contributed by atoms with van der Waals surface area (Å²) in [4.78, 5) is 25.6. The van der Waals surface area contributed by atoms with Crippen LogP contribution >= 0.6 is 0 Å². The Labute approximate surface area is 156 Å². The maximum absolute atomic E-state index is 13.0. The third-order valence-corrected chi connectivity index (χ3v) is 4.09. The van der Waals surface area contributed by atoms with E-state index in [4.69, 9.17) is 0 Å². The van der Waals surface area contributed by atoms with Gasteiger partial charge in [-0.25, -0.2) is 0 Å². The van der Waals surface area contributed by atoms with Crippen LogP contribution in [0.3, 0.4) is 0 Å². The summed E-state index contributed by atoms with van der Waals surface area (Å²) < 4.78 is 39.0. The van der Waals surface area contributed by atoms with Crippen molar-refractivity contribution in [3.05, 3.63) is 59.2 Å². The molecule has 4 nitrogen and oxygen atoms in total. The SMILES string of the molecule is CC(=O)N(CCC(=O)Nc1ccccc1C(F)(F)F)c1ccc(C)cc1C. The van der Waals surface area contributed by atoms with Gasteiger partial charge in [0.15, 0.2) is 0 Å². The van der Waals surface area contributed by atoms with Crippen LogP contribution in [0.2, 0.25) is 0 Å². The first kappa shape index (κ1) is 20.5. The second-order valence-electron chi connectivity index (χ2n) is 6.30. The molecule has 0 aliphatic heterocycles. The molecule has 0 radical (unpaired) electrons. The molecule has 0 fully saturated rings. The number of carbonyl (C=O) groups excluding carboxylic acids is 2. The first-order valence-corrected chi connectivity index (χ1v) is 8.41. The van der Waals surface area contributed by atoms with E-state index in [1.807, 2.05) is 26.0 Å². The second-order valence-corrected chi connectivity index (χ2v) is 6.30. The standard InChI is InChI=1S/C20H21F3N2O2/c1-13-8-9-18(14(2)12-13)25(15(3)26)11-10-19(27)24-17-7-5-4-6-16(17)20(21,22)23/h4-9,12H,10-11H2,1-3H3,(H,24,27). The Morgan fingerprint density at radius 3 is 2.33 bits per heavy atom. The van der Waals surface area contributed by atoms with Crippen LogP contribution in [0, 0.1) is 13.8 Å². The predicted octanol–water partition coefficient (Wildman–Crippen LogP) is 4.70. The number of halogens is 3. The molecule has 0 aromatic heterocycles. The van der Waals surface area contributed by atoms with Gasteiger partial charge in [-0.1, -0.05) is 29.8 Å². The first-order valence-electron chi connectivity index (χ1n) is 8.41. The molecule has 0 spiro atoms. The van der Waals surface area contributed by atoms with Gasteiger partial charge in [-0.2, -0.15) is 13.2 Å². The van der Waals surface area contributed by atoms with Gasteiger partial charge in [0, 0.05) is 25.6 Å². The highest BCUT2D eigenvalue weighted by Crippen LogP contribution is 2.34. The van der Waals surface area contributed by atoms with E-state index in [0.717, 1.165) is 17.2 Å². The van der Waals surface area contributed by atoms with Crippen molar-refractivity contribution in [2.45, 2.75) is 33.4 Å². The molecule has 27 heavy (non-hydrogen) atoms. The lowest BCUT2D eigenvalue weighted by atomic mass is 10.1. The van der Waals surface area contributed by atoms with E-state index < -0.39 is 17.6 Å². The quantitative estimate of drug-likeness (QED) is 0.820. The minimum absolute atomic E-state index is 0.0687. The van der Waals surface area contributed by atoms with Crippen LogP contribution < -0.4 is 10.2 Å². The van der Waals surface area contributed by atoms with Gasteiger partial charge in [0.1, 0.15) is 0 Å². The number of hydrogen-bond acceptors (Lipinski definition) is 2. The van der Waals surface area contributed by atoms with Crippen molar-refractivity contribution >= 4 is 23.2 Å². The Kier molecular flexibility index (Phi) is 6.25. The van der Waals surface area contributed by atoms with Gasteiger partial charge in [-0.15, -0.1) is 0 Å². The number of alkyl halides is 3. The molecule has 0 saturated carbocycles. The fourth-order valence-electron chi connectivity index (χ4n) is 2.82. The highest BCUT2D eigenvalue weighted by molar-refractivity contribution is 5.95. The molecule has 0 atom stereocenters. The van der Waals surface area contributed by atoms with E-state index in [1.54, 1.807) is 6.07 Å². The van der Waals surface area contributed by atoms with Crippen molar-refractivity contribution in [2.24, 2.45) is 0 Å². The minimum atomic E-state index is -4.56. The molecule has 0 saturated heterocycles. The van der Waals surface area contributed by atoms with Gasteiger partial charge in [-0.3, -0.25) is 9.59 Å². The molecule has 144 valence electrons. The predicted molar refractivity (Wildman–Crippen MR) is 98.6 cm³/mol. The van der Waals surface area contributed by atoms with Crippen LogP contribution in [0.15, 0.2) is 42.5 Å². The van der Waals surface area contributed by atoms with Crippen LogP contribution in [-0.4, -0.2) is 18.4 Å². The molecule has 0 aliphatic rings. The molecule has 1 N–H and O–H groups in total. The van der Waals surface area contributed by atoms with Gasteiger partial charge in [0.25, 0.3) is 0 Å². The minimum Gasteiger partial charge on any atom is -0.325 e. The van der Waals surface area contributed by atoms with Crippen LogP contribution in [0.5, 0.6) is 0 Å². The average molecular weight is 378 g/mol. The molecule has 2 amide bonds. The number of aryl methyl sites for hydroxylation is 2. The summed E-state index contributed by atoms with van der Waals surface area (Å²) >= 11 is 0. The van der Waals surface area contributed by atoms with Crippen LogP contribution in [0.1, 0.15) is 30.0 Å². The monoisotopic (exact) mass is 378 g/mol. The van der Waals surface area contributed by atoms with Gasteiger partial charge in [0.05, 0.1) is 11.3 Å². The Morgan fingerprint density at radius 2 is 1.74 bits per heavy atom. The van der Waals surface area contributed by atoms with Gasteiger partial charge >= 0.3 is 6.18 Å². The van der Waals surface area contributed by atoms with Crippen molar-refractivity contribution in [3.63, 3.8) is 0 Å². The lowest BCUT2D eigenvalue weighted by Crippen LogP contribution is -2.32. The van der Waals surface area contributed by atoms with E-state index in [2.05, 4.69) is 5.32 Å². The van der Waals surface area contributed by atoms with Crippen LogP contribution in [0.4, 0.5) is 24.5 Å². The number of benzene rings is 2. The van der Waals surface area contributed by atoms with Crippen LogP contribution in [0.25, 0.3) is 0 Å². The first-order chi connectivity index (χ1) is 12.6. The number of rotatable bonds is 5. The molecule has 0 unspecified atom stereocenters. The molecular weight excluding hydrogens is 357 g/mol. The summed E-state index contributed by atoms with van der Waals surface area (Å²) in [5.74, 6) is -0.840. The average Bonchev–Trinajstić information content (AvgIpc) is 2.56. The Hall–Kier alpha value is -2.83. The van der Waals surface area contributed by atoms with Crippen molar-refractivity contribution in [1.82, 2.24) is 0 Å². The summed E-state index contributed by atoms with van der Waals surface area (Å²) in [5.41, 5.74) is 1.40. The van der Waals surface area contributed by atoms with Crippen LogP contribution in [-0.2, 0) is 15.8 Å². The topological polar surface area (TPSA) is 49.4 Å². The molecular formula is C20H21F3N2O2.